The van der Waals surface area contributed by atoms with E-state index < -0.39 is 6.10 Å². The van der Waals surface area contributed by atoms with Gasteiger partial charge in [0.15, 0.2) is 19.4 Å². The van der Waals surface area contributed by atoms with Crippen LogP contribution in [0.2, 0.25) is 0 Å². The van der Waals surface area contributed by atoms with Crippen molar-refractivity contribution in [2.75, 3.05) is 27.8 Å². The lowest BCUT2D eigenvalue weighted by Crippen LogP contribution is -2.22. The molecule has 0 aliphatic carbocycles. The van der Waals surface area contributed by atoms with Crippen molar-refractivity contribution in [2.45, 2.75) is 18.9 Å². The summed E-state index contributed by atoms with van der Waals surface area (Å²) in [6.45, 7) is 3.77. The number of phenolic OH excluding ortho intramolecular Hbond substituents is 1. The van der Waals surface area contributed by atoms with Crippen LogP contribution in [0.4, 0.5) is 0 Å². The van der Waals surface area contributed by atoms with Crippen molar-refractivity contribution in [1.29, 1.82) is 0 Å². The lowest BCUT2D eigenvalue weighted by molar-refractivity contribution is 0.0474. The van der Waals surface area contributed by atoms with E-state index in [2.05, 4.69) is 6.58 Å². The molecule has 7 heteroatoms. The number of aromatic hydroxyl groups is 1. The van der Waals surface area contributed by atoms with Gasteiger partial charge in [0.25, 0.3) is 0 Å². The molecule has 2 aromatic carbocycles. The Morgan fingerprint density at radius 2 is 1.86 bits per heavy atom. The summed E-state index contributed by atoms with van der Waals surface area (Å²) < 4.78 is 27.2. The third-order valence-electron chi connectivity index (χ3n) is 4.53. The Bertz CT molecular complexity index is 891. The zero-order chi connectivity index (χ0) is 20.8. The number of benzene rings is 2. The predicted octanol–water partition coefficient (Wildman–Crippen LogP) is 3.79. The molecular formula is C22H24O7. The number of methoxy groups -OCH3 is 2. The van der Waals surface area contributed by atoms with Gasteiger partial charge in [-0.25, -0.2) is 0 Å². The van der Waals surface area contributed by atoms with Gasteiger partial charge < -0.3 is 28.8 Å². The number of rotatable bonds is 9. The van der Waals surface area contributed by atoms with Gasteiger partial charge in [-0.1, -0.05) is 24.3 Å². The van der Waals surface area contributed by atoms with Crippen molar-refractivity contribution in [2.24, 2.45) is 0 Å². The second-order valence-corrected chi connectivity index (χ2v) is 6.44. The van der Waals surface area contributed by atoms with E-state index in [0.717, 1.165) is 5.56 Å². The van der Waals surface area contributed by atoms with Crippen molar-refractivity contribution < 1.29 is 33.6 Å². The number of allylic oxidation sites excluding steroid dienone is 1. The van der Waals surface area contributed by atoms with Crippen LogP contribution in [0.1, 0.15) is 34.0 Å². The maximum Gasteiger partial charge on any atom is 0.188 e. The average molecular weight is 400 g/mol. The van der Waals surface area contributed by atoms with E-state index in [1.807, 2.05) is 18.2 Å². The van der Waals surface area contributed by atoms with Crippen LogP contribution in [0.5, 0.6) is 23.0 Å². The van der Waals surface area contributed by atoms with Crippen molar-refractivity contribution in [3.63, 3.8) is 0 Å². The van der Waals surface area contributed by atoms with Crippen LogP contribution >= 0.6 is 0 Å². The molecule has 0 spiro atoms. The third kappa shape index (κ3) is 4.36. The molecule has 1 unspecified atom stereocenters. The Morgan fingerprint density at radius 1 is 1.17 bits per heavy atom. The normalized spacial score (nSPS) is 15.4. The van der Waals surface area contributed by atoms with E-state index in [-0.39, 0.29) is 42.9 Å². The van der Waals surface area contributed by atoms with E-state index >= 15 is 0 Å². The Hall–Kier alpha value is -3.03. The Morgan fingerprint density at radius 3 is 2.55 bits per heavy atom. The number of hydrogen-bond donors (Lipinski definition) is 1. The van der Waals surface area contributed by atoms with Gasteiger partial charge in [0.1, 0.15) is 34.7 Å². The Kier molecular flexibility index (Phi) is 6.74. The minimum atomic E-state index is -0.567. The van der Waals surface area contributed by atoms with Crippen LogP contribution in [-0.4, -0.2) is 38.7 Å². The standard InChI is InChI=1S/C22H24O7/c1-4-7-15-18(28-13-26-3)11-20-21(22(15)24)16(23)10-19(29-20)14-8-5-6-9-17(14)27-12-25-2/h4-6,8-9,11,19,24H,1,7,10,12-13H2,2-3H3. The highest BCUT2D eigenvalue weighted by atomic mass is 16.7. The minimum absolute atomic E-state index is 0.00651. The van der Waals surface area contributed by atoms with Crippen molar-refractivity contribution in [1.82, 2.24) is 0 Å². The monoisotopic (exact) mass is 400 g/mol. The van der Waals surface area contributed by atoms with Gasteiger partial charge in [0.05, 0.1) is 6.42 Å². The van der Waals surface area contributed by atoms with Gasteiger partial charge in [0.2, 0.25) is 0 Å². The smallest absolute Gasteiger partial charge is 0.188 e. The van der Waals surface area contributed by atoms with E-state index in [9.17, 15) is 9.90 Å². The van der Waals surface area contributed by atoms with E-state index in [4.69, 9.17) is 23.7 Å². The first-order valence-electron chi connectivity index (χ1n) is 9.12. The summed E-state index contributed by atoms with van der Waals surface area (Å²) in [6, 6.07) is 8.90. The van der Waals surface area contributed by atoms with Gasteiger partial charge in [0, 0.05) is 31.4 Å². The molecule has 2 aromatic rings. The van der Waals surface area contributed by atoms with E-state index in [0.29, 0.717) is 23.5 Å². The van der Waals surface area contributed by atoms with Gasteiger partial charge >= 0.3 is 0 Å². The van der Waals surface area contributed by atoms with Gasteiger partial charge in [-0.3, -0.25) is 4.79 Å². The molecule has 0 amide bonds. The van der Waals surface area contributed by atoms with Crippen LogP contribution in [-0.2, 0) is 15.9 Å². The molecule has 1 N–H and O–H groups in total. The molecule has 0 bridgehead atoms. The summed E-state index contributed by atoms with van der Waals surface area (Å²) in [6.07, 6.45) is 1.46. The average Bonchev–Trinajstić information content (AvgIpc) is 2.72. The molecule has 1 aliphatic heterocycles. The fourth-order valence-electron chi connectivity index (χ4n) is 3.26. The fraction of sp³-hybridized carbons (Fsp3) is 0.318. The Balaban J connectivity index is 2.00. The number of carbonyl (C=O) groups is 1. The van der Waals surface area contributed by atoms with Gasteiger partial charge in [-0.05, 0) is 12.5 Å². The molecule has 1 atom stereocenters. The number of ether oxygens (including phenoxy) is 5. The van der Waals surface area contributed by atoms with Crippen molar-refractivity contribution >= 4 is 5.78 Å². The summed E-state index contributed by atoms with van der Waals surface area (Å²) in [7, 11) is 3.03. The number of carbonyl (C=O) groups excluding carboxylic acids is 1. The number of para-hydroxylation sites is 1. The van der Waals surface area contributed by atoms with Gasteiger partial charge in [-0.2, -0.15) is 0 Å². The van der Waals surface area contributed by atoms with Gasteiger partial charge in [-0.15, -0.1) is 6.58 Å². The number of Topliss-reactive ketones (excluding diaryl/α,β-unsaturated/α-hetero) is 1. The fourth-order valence-corrected chi connectivity index (χ4v) is 3.26. The summed E-state index contributed by atoms with van der Waals surface area (Å²) in [5.74, 6) is 0.823. The second-order valence-electron chi connectivity index (χ2n) is 6.44. The molecule has 0 aromatic heterocycles. The van der Waals surface area contributed by atoms with Crippen LogP contribution in [0, 0.1) is 0 Å². The molecule has 1 heterocycles. The van der Waals surface area contributed by atoms with Crippen LogP contribution in [0.25, 0.3) is 0 Å². The SMILES string of the molecule is C=CCc1c(OCOC)cc2c(c1O)C(=O)CC(c1ccccc1OCOC)O2. The molecule has 0 fully saturated rings. The largest absolute Gasteiger partial charge is 0.507 e. The first-order chi connectivity index (χ1) is 14.1. The maximum absolute atomic E-state index is 12.9. The van der Waals surface area contributed by atoms with Crippen molar-refractivity contribution in [3.05, 3.63) is 59.7 Å². The van der Waals surface area contributed by atoms with Crippen LogP contribution in [0.15, 0.2) is 43.0 Å². The minimum Gasteiger partial charge on any atom is -0.507 e. The summed E-state index contributed by atoms with van der Waals surface area (Å²) in [4.78, 5) is 12.9. The topological polar surface area (TPSA) is 83.5 Å². The van der Waals surface area contributed by atoms with Crippen molar-refractivity contribution in [3.8, 4) is 23.0 Å². The summed E-state index contributed by atoms with van der Waals surface area (Å²) in [5.41, 5.74) is 1.34. The van der Waals surface area contributed by atoms with E-state index in [1.165, 1.54) is 14.2 Å². The number of phenols is 1. The highest BCUT2D eigenvalue weighted by Gasteiger charge is 2.34. The molecule has 29 heavy (non-hydrogen) atoms. The number of ketones is 1. The molecule has 7 nitrogen and oxygen atoms in total. The second kappa shape index (κ2) is 9.45. The molecule has 1 aliphatic rings. The quantitative estimate of drug-likeness (QED) is 0.506. The molecule has 154 valence electrons. The highest BCUT2D eigenvalue weighted by Crippen LogP contribution is 2.46. The maximum atomic E-state index is 12.9. The lowest BCUT2D eigenvalue weighted by Gasteiger charge is -2.28. The zero-order valence-corrected chi connectivity index (χ0v) is 16.5. The first-order valence-corrected chi connectivity index (χ1v) is 9.12. The summed E-state index contributed by atoms with van der Waals surface area (Å²) >= 11 is 0. The number of hydrogen-bond acceptors (Lipinski definition) is 7. The lowest BCUT2D eigenvalue weighted by atomic mass is 9.92. The van der Waals surface area contributed by atoms with Crippen LogP contribution in [0.3, 0.4) is 0 Å². The predicted molar refractivity (Wildman–Crippen MR) is 106 cm³/mol. The van der Waals surface area contributed by atoms with Crippen LogP contribution < -0.4 is 14.2 Å². The summed E-state index contributed by atoms with van der Waals surface area (Å²) in [5, 5.41) is 10.7. The highest BCUT2D eigenvalue weighted by molar-refractivity contribution is 6.03. The molecular weight excluding hydrogens is 376 g/mol. The molecule has 0 radical (unpaired) electrons. The van der Waals surface area contributed by atoms with E-state index in [1.54, 1.807) is 18.2 Å². The number of fused-ring (bicyclic) bond motifs is 1. The first kappa shape index (κ1) is 20.7. The Labute approximate surface area is 169 Å². The molecule has 0 saturated heterocycles. The zero-order valence-electron chi connectivity index (χ0n) is 16.5. The third-order valence-corrected chi connectivity index (χ3v) is 4.53. The molecule has 3 rings (SSSR count). The molecule has 0 saturated carbocycles.